The maximum absolute atomic E-state index is 11.8. The van der Waals surface area contributed by atoms with Crippen LogP contribution in [0.4, 0.5) is 0 Å². The van der Waals surface area contributed by atoms with Crippen LogP contribution in [-0.4, -0.2) is 76.5 Å². The van der Waals surface area contributed by atoms with Crippen LogP contribution in [0.5, 0.6) is 0 Å². The second kappa shape index (κ2) is 10.9. The molecule has 2 saturated heterocycles. The van der Waals surface area contributed by atoms with E-state index in [0.29, 0.717) is 6.67 Å². The van der Waals surface area contributed by atoms with Crippen molar-refractivity contribution in [1.82, 2.24) is 15.5 Å². The SMILES string of the molecule is NC1N=C([O-])C2NCN([C@H]3C[C@H](O)[C@@H](COP(=O)([O-])O)O3)C2N1.O.[Na+].[Na+]. The summed E-state index contributed by atoms with van der Waals surface area (Å²) < 4.78 is 20.5. The Morgan fingerprint density at radius 2 is 2.15 bits per heavy atom. The summed E-state index contributed by atoms with van der Waals surface area (Å²) >= 11 is 0. The average Bonchev–Trinajstić information content (AvgIpc) is 2.99. The van der Waals surface area contributed by atoms with Crippen LogP contribution in [0.1, 0.15) is 6.42 Å². The van der Waals surface area contributed by atoms with Crippen LogP contribution in [0.2, 0.25) is 0 Å². The second-order valence-electron chi connectivity index (χ2n) is 5.57. The minimum atomic E-state index is -4.88. The van der Waals surface area contributed by atoms with Gasteiger partial charge in [-0.2, -0.15) is 0 Å². The second-order valence-corrected chi connectivity index (χ2v) is 6.77. The minimum Gasteiger partial charge on any atom is -0.861 e. The van der Waals surface area contributed by atoms with Crippen molar-refractivity contribution < 1.29 is 98.4 Å². The Balaban J connectivity index is 0.00000208. The maximum Gasteiger partial charge on any atom is 1.00 e. The van der Waals surface area contributed by atoms with E-state index in [0.717, 1.165) is 0 Å². The van der Waals surface area contributed by atoms with E-state index in [2.05, 4.69) is 20.1 Å². The zero-order valence-electron chi connectivity index (χ0n) is 14.4. The predicted octanol–water partition coefficient (Wildman–Crippen LogP) is -11.7. The number of phosphoric acid groups is 1. The molecule has 0 aliphatic carbocycles. The van der Waals surface area contributed by atoms with E-state index in [1.165, 1.54) is 0 Å². The van der Waals surface area contributed by atoms with Gasteiger partial charge < -0.3 is 34.7 Å². The molecule has 16 heteroatoms. The van der Waals surface area contributed by atoms with Gasteiger partial charge in [-0.1, -0.05) is 0 Å². The number of nitrogens with zero attached hydrogens (tertiary/aromatic N) is 2. The molecular formula is C10H20N5Na2O8P. The molecule has 7 atom stereocenters. The molecule has 2 fully saturated rings. The fourth-order valence-corrected chi connectivity index (χ4v) is 3.30. The summed E-state index contributed by atoms with van der Waals surface area (Å²) in [5, 5.41) is 27.7. The van der Waals surface area contributed by atoms with E-state index in [1.54, 1.807) is 4.90 Å². The Labute approximate surface area is 193 Å². The number of rotatable bonds is 4. The fraction of sp³-hybridized carbons (Fsp3) is 0.900. The number of hydrogen-bond donors (Lipinski definition) is 5. The van der Waals surface area contributed by atoms with E-state index in [-0.39, 0.29) is 76.9 Å². The van der Waals surface area contributed by atoms with E-state index in [1.807, 2.05) is 0 Å². The first-order valence-corrected chi connectivity index (χ1v) is 8.51. The summed E-state index contributed by atoms with van der Waals surface area (Å²) in [6, 6.07) is -0.565. The molecule has 140 valence electrons. The summed E-state index contributed by atoms with van der Waals surface area (Å²) in [7, 11) is -4.88. The van der Waals surface area contributed by atoms with Crippen LogP contribution < -0.4 is 85.5 Å². The number of ether oxygens (including phenoxy) is 1. The fourth-order valence-electron chi connectivity index (χ4n) is 2.97. The third-order valence-electron chi connectivity index (χ3n) is 4.02. The molecule has 3 aliphatic rings. The minimum absolute atomic E-state index is 0. The van der Waals surface area contributed by atoms with Gasteiger partial charge in [0.2, 0.25) is 0 Å². The molecule has 0 spiro atoms. The first-order valence-electron chi connectivity index (χ1n) is 7.02. The Morgan fingerprint density at radius 1 is 1.50 bits per heavy atom. The van der Waals surface area contributed by atoms with Crippen LogP contribution in [0, 0.1) is 0 Å². The topological polar surface area (TPSA) is 219 Å². The molecule has 0 aromatic heterocycles. The molecule has 0 bridgehead atoms. The zero-order valence-corrected chi connectivity index (χ0v) is 19.3. The monoisotopic (exact) mass is 415 g/mol. The van der Waals surface area contributed by atoms with Crippen molar-refractivity contribution in [2.24, 2.45) is 10.7 Å². The van der Waals surface area contributed by atoms with Gasteiger partial charge in [-0.05, 0) is 5.90 Å². The molecule has 0 amide bonds. The van der Waals surface area contributed by atoms with Gasteiger partial charge in [0.25, 0.3) is 7.82 Å². The van der Waals surface area contributed by atoms with Crippen LogP contribution in [0.3, 0.4) is 0 Å². The third kappa shape index (κ3) is 6.40. The number of fused-ring (bicyclic) bond motifs is 1. The molecule has 8 N–H and O–H groups in total. The standard InChI is InChI=1S/C10H20N5O7P.2Na.H2O/c11-10-13-8-7(9(17)14-10)12-3-15(8)6-1-4(16)5(22-6)2-21-23(18,19)20;;;/h4-8,10,12-13,16H,1-3,11H2,(H,14,17)(H2,18,19,20);;;1H2/q;2*+1;/p-2/t4-,5+,6+,7?,8?,10?;;;/m0.../s1. The van der Waals surface area contributed by atoms with Gasteiger partial charge in [-0.3, -0.25) is 25.9 Å². The molecule has 4 unspecified atom stereocenters. The van der Waals surface area contributed by atoms with Crippen molar-refractivity contribution in [1.29, 1.82) is 0 Å². The van der Waals surface area contributed by atoms with E-state index >= 15 is 0 Å². The van der Waals surface area contributed by atoms with Gasteiger partial charge in [-0.15, -0.1) is 0 Å². The Kier molecular flexibility index (Phi) is 11.4. The molecule has 0 aromatic rings. The summed E-state index contributed by atoms with van der Waals surface area (Å²) in [5.74, 6) is -0.366. The third-order valence-corrected chi connectivity index (χ3v) is 4.49. The molecule has 0 aromatic carbocycles. The molecule has 3 aliphatic heterocycles. The number of aliphatic hydroxyl groups excluding tert-OH is 1. The van der Waals surface area contributed by atoms with Gasteiger partial charge in [0.05, 0.1) is 31.6 Å². The molecule has 3 heterocycles. The number of nitrogens with two attached hydrogens (primary N) is 1. The summed E-state index contributed by atoms with van der Waals surface area (Å²) in [4.78, 5) is 24.7. The number of hydrogen-bond acceptors (Lipinski definition) is 11. The van der Waals surface area contributed by atoms with Crippen molar-refractivity contribution in [2.75, 3.05) is 13.3 Å². The molecule has 13 nitrogen and oxygen atoms in total. The van der Waals surface area contributed by atoms with Gasteiger partial charge in [-0.25, -0.2) is 4.90 Å². The van der Waals surface area contributed by atoms with E-state index in [9.17, 15) is 19.7 Å². The van der Waals surface area contributed by atoms with Crippen molar-refractivity contribution in [3.8, 4) is 0 Å². The molecule has 3 rings (SSSR count). The number of nitrogens with one attached hydrogen (secondary N) is 2. The summed E-state index contributed by atoms with van der Waals surface area (Å²) in [6.45, 7) is -0.188. The van der Waals surface area contributed by atoms with Gasteiger partial charge >= 0.3 is 59.1 Å². The Bertz CT molecular complexity index is 542. The predicted molar refractivity (Wildman–Crippen MR) is 74.6 cm³/mol. The van der Waals surface area contributed by atoms with Crippen molar-refractivity contribution in [3.05, 3.63) is 0 Å². The van der Waals surface area contributed by atoms with Gasteiger partial charge in [0.15, 0.2) is 6.29 Å². The van der Waals surface area contributed by atoms with Gasteiger partial charge in [0, 0.05) is 6.42 Å². The van der Waals surface area contributed by atoms with Crippen molar-refractivity contribution in [2.45, 2.75) is 43.4 Å². The first-order chi connectivity index (χ1) is 10.7. The molecule has 26 heavy (non-hydrogen) atoms. The maximum atomic E-state index is 11.8. The number of aliphatic hydroxyl groups is 1. The van der Waals surface area contributed by atoms with Crippen LogP contribution >= 0.6 is 7.82 Å². The smallest absolute Gasteiger partial charge is 0.861 e. The normalized spacial score (nSPS) is 38.8. The van der Waals surface area contributed by atoms with Gasteiger partial charge in [0.1, 0.15) is 12.3 Å². The first kappa shape index (κ1) is 27.3. The average molecular weight is 415 g/mol. The largest absolute Gasteiger partial charge is 1.00 e. The van der Waals surface area contributed by atoms with E-state index in [4.69, 9.17) is 15.4 Å². The van der Waals surface area contributed by atoms with E-state index < -0.39 is 51.4 Å². The van der Waals surface area contributed by atoms with Crippen molar-refractivity contribution >= 4 is 13.7 Å². The summed E-state index contributed by atoms with van der Waals surface area (Å²) in [5.41, 5.74) is 5.64. The quantitative estimate of drug-likeness (QED) is 0.214. The van der Waals surface area contributed by atoms with Crippen LogP contribution in [-0.2, 0) is 13.8 Å². The van der Waals surface area contributed by atoms with Crippen LogP contribution in [0.25, 0.3) is 0 Å². The number of aliphatic imine (C=N–C) groups is 1. The Morgan fingerprint density at radius 3 is 2.77 bits per heavy atom. The van der Waals surface area contributed by atoms with Crippen molar-refractivity contribution in [3.63, 3.8) is 0 Å². The Hall–Kier alpha value is 1.30. The molecule has 0 saturated carbocycles. The molecular weight excluding hydrogens is 395 g/mol. The van der Waals surface area contributed by atoms with Crippen LogP contribution in [0.15, 0.2) is 4.99 Å². The number of phosphoric ester groups is 1. The molecule has 0 radical (unpaired) electrons. The zero-order chi connectivity index (χ0) is 16.8. The summed E-state index contributed by atoms with van der Waals surface area (Å²) in [6.07, 6.45) is -3.53.